The van der Waals surface area contributed by atoms with Crippen molar-refractivity contribution in [3.05, 3.63) is 64.2 Å². The van der Waals surface area contributed by atoms with Crippen LogP contribution in [-0.4, -0.2) is 29.5 Å². The normalized spacial score (nSPS) is 14.1. The van der Waals surface area contributed by atoms with Gasteiger partial charge in [-0.05, 0) is 43.4 Å². The third kappa shape index (κ3) is 7.02. The van der Waals surface area contributed by atoms with Gasteiger partial charge in [0.2, 0.25) is 0 Å². The Morgan fingerprint density at radius 3 is 2.49 bits per heavy atom. The van der Waals surface area contributed by atoms with Crippen molar-refractivity contribution in [2.24, 2.45) is 5.92 Å². The van der Waals surface area contributed by atoms with Crippen molar-refractivity contribution in [2.45, 2.75) is 44.1 Å². The average Bonchev–Trinajstić information content (AvgIpc) is 3.24. The highest BCUT2D eigenvalue weighted by molar-refractivity contribution is 6.57. The van der Waals surface area contributed by atoms with Crippen LogP contribution in [0.25, 0.3) is 0 Å². The number of hydrogen-bond donors (Lipinski definition) is 1. The Morgan fingerprint density at radius 1 is 1.21 bits per heavy atom. The lowest BCUT2D eigenvalue weighted by Crippen LogP contribution is -2.29. The number of amides is 1. The number of rotatable bonds is 9. The zero-order valence-corrected chi connectivity index (χ0v) is 22.4. The van der Waals surface area contributed by atoms with Crippen molar-refractivity contribution in [3.63, 3.8) is 0 Å². The maximum absolute atomic E-state index is 13.9. The van der Waals surface area contributed by atoms with E-state index < -0.39 is 39.9 Å². The molecule has 0 spiro atoms. The van der Waals surface area contributed by atoms with E-state index in [-0.39, 0.29) is 30.2 Å². The number of anilines is 1. The topological polar surface area (TPSA) is 90.9 Å². The first kappa shape index (κ1) is 30.2. The zero-order chi connectivity index (χ0) is 29.1. The Hall–Kier alpha value is -3.31. The van der Waals surface area contributed by atoms with Crippen molar-refractivity contribution in [2.75, 3.05) is 12.4 Å². The summed E-state index contributed by atoms with van der Waals surface area (Å²) in [7, 11) is 1.38. The summed E-state index contributed by atoms with van der Waals surface area (Å²) in [5.74, 6) is -3.82. The van der Waals surface area contributed by atoms with Gasteiger partial charge in [-0.15, -0.1) is 0 Å². The number of alkyl halides is 6. The fourth-order valence-electron chi connectivity index (χ4n) is 4.06. The van der Waals surface area contributed by atoms with E-state index in [0.717, 1.165) is 18.2 Å². The molecule has 1 unspecified atom stereocenters. The molecule has 2 aromatic rings. The minimum atomic E-state index is -4.70. The van der Waals surface area contributed by atoms with Crippen LogP contribution in [-0.2, 0) is 33.5 Å². The van der Waals surface area contributed by atoms with E-state index in [2.05, 4.69) is 5.32 Å². The standard InChI is InChI=1S/C26H23Cl2F4NO6/c1-13(9-11-19(34)39-18-7-5-4-6-17(18)26(30,31)32)8-10-15-21(33-24(36)25(27,28)29)20-16(12-38-23(20)35)14(2)22(15)37-3/h4-7,9,11,13H,8,10,12H2,1-3H3,(H,33,36)/b11-9+. The lowest BCUT2D eigenvalue weighted by atomic mass is 9.91. The van der Waals surface area contributed by atoms with Gasteiger partial charge in [-0.2, -0.15) is 17.6 Å². The van der Waals surface area contributed by atoms with E-state index in [0.29, 0.717) is 28.9 Å². The van der Waals surface area contributed by atoms with Gasteiger partial charge in [0.1, 0.15) is 18.1 Å². The smallest absolute Gasteiger partial charge is 0.419 e. The summed E-state index contributed by atoms with van der Waals surface area (Å²) in [5, 5.41) is 2.26. The van der Waals surface area contributed by atoms with E-state index in [4.69, 9.17) is 37.4 Å². The molecule has 0 radical (unpaired) electrons. The number of cyclic esters (lactones) is 1. The molecule has 1 aliphatic rings. The number of esters is 2. The first-order valence-electron chi connectivity index (χ1n) is 11.5. The number of carbonyl (C=O) groups excluding carboxylic acids is 3. The number of carbonyl (C=O) groups is 3. The molecule has 13 heteroatoms. The number of allylic oxidation sites excluding steroid dienone is 1. The number of benzene rings is 2. The first-order chi connectivity index (χ1) is 18.1. The van der Waals surface area contributed by atoms with Gasteiger partial charge >= 0.3 is 22.7 Å². The fourth-order valence-corrected chi connectivity index (χ4v) is 4.16. The zero-order valence-electron chi connectivity index (χ0n) is 20.9. The van der Waals surface area contributed by atoms with Crippen molar-refractivity contribution in [3.8, 4) is 11.5 Å². The van der Waals surface area contributed by atoms with E-state index in [1.807, 2.05) is 0 Å². The lowest BCUT2D eigenvalue weighted by Gasteiger charge is -2.21. The molecule has 0 fully saturated rings. The summed E-state index contributed by atoms with van der Waals surface area (Å²) < 4.78 is 65.5. The summed E-state index contributed by atoms with van der Waals surface area (Å²) in [6.45, 7) is 3.33. The molecule has 1 atom stereocenters. The molecule has 0 saturated heterocycles. The second-order valence-corrected chi connectivity index (χ2v) is 9.92. The van der Waals surface area contributed by atoms with Crippen LogP contribution in [0, 0.1) is 12.8 Å². The second kappa shape index (κ2) is 11.8. The van der Waals surface area contributed by atoms with Crippen molar-refractivity contribution >= 4 is 46.7 Å². The Morgan fingerprint density at radius 2 is 1.87 bits per heavy atom. The Balaban J connectivity index is 1.82. The molecule has 1 aliphatic heterocycles. The molecule has 0 bridgehead atoms. The minimum Gasteiger partial charge on any atom is -0.496 e. The Bertz CT molecular complexity index is 1320. The number of nitrogens with one attached hydrogen (secondary N) is 1. The van der Waals surface area contributed by atoms with E-state index in [1.165, 1.54) is 25.3 Å². The molecule has 0 aliphatic carbocycles. The number of halogens is 6. The van der Waals surface area contributed by atoms with Gasteiger partial charge in [-0.25, -0.2) is 9.59 Å². The molecule has 0 saturated carbocycles. The molecular formula is C26H23Cl2F4NO6. The molecule has 2 aromatic carbocycles. The van der Waals surface area contributed by atoms with Crippen LogP contribution in [0.4, 0.5) is 23.2 Å². The van der Waals surface area contributed by atoms with Gasteiger partial charge in [0, 0.05) is 17.2 Å². The second-order valence-electron chi connectivity index (χ2n) is 8.68. The molecule has 210 valence electrons. The molecule has 7 nitrogen and oxygen atoms in total. The average molecular weight is 592 g/mol. The van der Waals surface area contributed by atoms with Crippen LogP contribution in [0.2, 0.25) is 0 Å². The van der Waals surface area contributed by atoms with Crippen LogP contribution in [0.1, 0.15) is 46.0 Å². The van der Waals surface area contributed by atoms with Gasteiger partial charge in [-0.1, -0.05) is 48.3 Å². The van der Waals surface area contributed by atoms with Gasteiger partial charge in [0.15, 0.2) is 0 Å². The van der Waals surface area contributed by atoms with Gasteiger partial charge in [-0.3, -0.25) is 4.79 Å². The van der Waals surface area contributed by atoms with Crippen molar-refractivity contribution < 1.29 is 46.2 Å². The molecule has 1 amide bonds. The molecule has 39 heavy (non-hydrogen) atoms. The summed E-state index contributed by atoms with van der Waals surface area (Å²) in [5.41, 5.74) is 0.217. The van der Waals surface area contributed by atoms with E-state index >= 15 is 0 Å². The first-order valence-corrected chi connectivity index (χ1v) is 12.2. The van der Waals surface area contributed by atoms with E-state index in [9.17, 15) is 31.9 Å². The minimum absolute atomic E-state index is 0.0179. The highest BCUT2D eigenvalue weighted by Crippen LogP contribution is 2.42. The molecule has 1 N–H and O–H groups in total. The highest BCUT2D eigenvalue weighted by atomic mass is 35.5. The summed E-state index contributed by atoms with van der Waals surface area (Å²) >= 11 is 10.6. The van der Waals surface area contributed by atoms with Crippen LogP contribution in [0.5, 0.6) is 11.5 Å². The van der Waals surface area contributed by atoms with Crippen molar-refractivity contribution in [1.29, 1.82) is 0 Å². The Kier molecular flexibility index (Phi) is 9.17. The van der Waals surface area contributed by atoms with Gasteiger partial charge in [0.05, 0.1) is 23.9 Å². The predicted octanol–water partition coefficient (Wildman–Crippen LogP) is 6.46. The summed E-state index contributed by atoms with van der Waals surface area (Å²) in [6, 6.07) is 4.32. The van der Waals surface area contributed by atoms with Gasteiger partial charge < -0.3 is 19.5 Å². The van der Waals surface area contributed by atoms with Crippen LogP contribution in [0.15, 0.2) is 36.4 Å². The highest BCUT2D eigenvalue weighted by Gasteiger charge is 2.38. The predicted molar refractivity (Wildman–Crippen MR) is 135 cm³/mol. The van der Waals surface area contributed by atoms with Crippen LogP contribution in [0.3, 0.4) is 0 Å². The largest absolute Gasteiger partial charge is 0.496 e. The fraction of sp³-hybridized carbons (Fsp3) is 0.346. The molecule has 0 aromatic heterocycles. The van der Waals surface area contributed by atoms with Crippen LogP contribution >= 0.6 is 23.2 Å². The third-order valence-electron chi connectivity index (χ3n) is 5.99. The number of para-hydroxylation sites is 1. The number of hydrogen-bond acceptors (Lipinski definition) is 6. The molecule has 3 rings (SSSR count). The SMILES string of the molecule is COc1c(C)c2c(c(NC(=O)C(F)(Cl)Cl)c1CCC(C)/C=C/C(=O)Oc1ccccc1C(F)(F)F)C(=O)OC2. The van der Waals surface area contributed by atoms with E-state index in [1.54, 1.807) is 13.8 Å². The van der Waals surface area contributed by atoms with Gasteiger partial charge in [0.25, 0.3) is 5.91 Å². The number of fused-ring (bicyclic) bond motifs is 1. The molecular weight excluding hydrogens is 569 g/mol. The number of methoxy groups -OCH3 is 1. The summed E-state index contributed by atoms with van der Waals surface area (Å²) in [6.07, 6.45) is -1.81. The quantitative estimate of drug-likeness (QED) is 0.118. The maximum atomic E-state index is 13.9. The Labute approximate surface area is 231 Å². The van der Waals surface area contributed by atoms with Crippen molar-refractivity contribution in [1.82, 2.24) is 0 Å². The lowest BCUT2D eigenvalue weighted by molar-refractivity contribution is -0.140. The van der Waals surface area contributed by atoms with Crippen LogP contribution < -0.4 is 14.8 Å². The number of ether oxygens (including phenoxy) is 3. The third-order valence-corrected chi connectivity index (χ3v) is 6.33. The monoisotopic (exact) mass is 591 g/mol. The maximum Gasteiger partial charge on any atom is 0.419 e. The summed E-state index contributed by atoms with van der Waals surface area (Å²) in [4.78, 5) is 36.9. The molecule has 1 heterocycles.